The minimum absolute atomic E-state index is 0.00955. The third-order valence-corrected chi connectivity index (χ3v) is 2.88. The van der Waals surface area contributed by atoms with Gasteiger partial charge in [0.2, 0.25) is 0 Å². The Morgan fingerprint density at radius 3 is 1.86 bits per heavy atom. The summed E-state index contributed by atoms with van der Waals surface area (Å²) in [5, 5.41) is 2.72. The molecule has 1 amide bonds. The van der Waals surface area contributed by atoms with E-state index in [0.29, 0.717) is 18.7 Å². The van der Waals surface area contributed by atoms with Gasteiger partial charge < -0.3 is 10.2 Å². The smallest absolute Gasteiger partial charge is 0.340 e. The maximum absolute atomic E-state index is 12.7. The fraction of sp³-hybridized carbons (Fsp3) is 0.462. The van der Waals surface area contributed by atoms with Crippen LogP contribution in [0.3, 0.4) is 0 Å². The first-order chi connectivity index (χ1) is 9.96. The van der Waals surface area contributed by atoms with E-state index < -0.39 is 35.0 Å². The molecule has 1 aromatic rings. The number of nitrogens with zero attached hydrogens (tertiary/aromatic N) is 1. The van der Waals surface area contributed by atoms with Crippen LogP contribution in [0, 0.1) is 0 Å². The van der Waals surface area contributed by atoms with Crippen LogP contribution in [0.4, 0.5) is 26.3 Å². The molecular formula is C13H14F6N2O. The monoisotopic (exact) mass is 328 g/mol. The molecule has 0 spiro atoms. The van der Waals surface area contributed by atoms with Gasteiger partial charge in [-0.2, -0.15) is 26.3 Å². The van der Waals surface area contributed by atoms with Crippen molar-refractivity contribution in [2.75, 3.05) is 27.2 Å². The van der Waals surface area contributed by atoms with E-state index >= 15 is 0 Å². The Kier molecular flexibility index (Phi) is 5.44. The zero-order valence-electron chi connectivity index (χ0n) is 11.8. The van der Waals surface area contributed by atoms with Crippen LogP contribution in [0.5, 0.6) is 0 Å². The minimum Gasteiger partial charge on any atom is -0.340 e. The zero-order valence-corrected chi connectivity index (χ0v) is 11.8. The molecule has 0 radical (unpaired) electrons. The van der Waals surface area contributed by atoms with Crippen LogP contribution >= 0.6 is 0 Å². The number of carbonyl (C=O) groups excluding carboxylic acids is 1. The van der Waals surface area contributed by atoms with E-state index in [9.17, 15) is 31.1 Å². The van der Waals surface area contributed by atoms with Crippen LogP contribution in [-0.4, -0.2) is 38.0 Å². The molecule has 124 valence electrons. The third kappa shape index (κ3) is 4.62. The van der Waals surface area contributed by atoms with Gasteiger partial charge in [-0.05, 0) is 25.2 Å². The van der Waals surface area contributed by atoms with Crippen LogP contribution in [-0.2, 0) is 12.4 Å². The van der Waals surface area contributed by atoms with E-state index in [0.717, 1.165) is 4.90 Å². The molecule has 0 atom stereocenters. The topological polar surface area (TPSA) is 32.3 Å². The van der Waals surface area contributed by atoms with Gasteiger partial charge in [-0.25, -0.2) is 0 Å². The van der Waals surface area contributed by atoms with Crippen molar-refractivity contribution in [1.82, 2.24) is 10.2 Å². The molecule has 0 bridgehead atoms. The second-order valence-corrected chi connectivity index (χ2v) is 4.62. The molecule has 0 aromatic heterocycles. The highest BCUT2D eigenvalue weighted by atomic mass is 19.4. The number of halogens is 6. The van der Waals surface area contributed by atoms with Crippen LogP contribution in [0.25, 0.3) is 0 Å². The normalized spacial score (nSPS) is 12.4. The molecule has 0 aliphatic carbocycles. The van der Waals surface area contributed by atoms with E-state index in [4.69, 9.17) is 0 Å². The van der Waals surface area contributed by atoms with Gasteiger partial charge in [0, 0.05) is 25.7 Å². The number of nitrogens with one attached hydrogen (secondary N) is 1. The minimum atomic E-state index is -4.97. The van der Waals surface area contributed by atoms with Crippen molar-refractivity contribution < 1.29 is 31.1 Å². The highest BCUT2D eigenvalue weighted by Crippen LogP contribution is 2.36. The van der Waals surface area contributed by atoms with E-state index in [-0.39, 0.29) is 12.6 Å². The summed E-state index contributed by atoms with van der Waals surface area (Å²) in [7, 11) is 2.90. The van der Waals surface area contributed by atoms with Crippen molar-refractivity contribution in [3.63, 3.8) is 0 Å². The Balaban J connectivity index is 3.27. The fourth-order valence-electron chi connectivity index (χ4n) is 1.68. The summed E-state index contributed by atoms with van der Waals surface area (Å²) < 4.78 is 76.2. The lowest BCUT2D eigenvalue weighted by molar-refractivity contribution is -0.143. The maximum Gasteiger partial charge on any atom is 0.416 e. The van der Waals surface area contributed by atoms with Gasteiger partial charge in [-0.15, -0.1) is 0 Å². The van der Waals surface area contributed by atoms with Gasteiger partial charge >= 0.3 is 12.4 Å². The average molecular weight is 328 g/mol. The van der Waals surface area contributed by atoms with E-state index in [1.807, 2.05) is 0 Å². The van der Waals surface area contributed by atoms with Crippen molar-refractivity contribution >= 4 is 5.91 Å². The molecule has 0 saturated carbocycles. The van der Waals surface area contributed by atoms with Crippen molar-refractivity contribution in [2.45, 2.75) is 12.4 Å². The predicted octanol–water partition coefficient (Wildman–Crippen LogP) is 3.02. The molecule has 1 rings (SSSR count). The summed E-state index contributed by atoms with van der Waals surface area (Å²) in [5.41, 5.74) is -3.67. The molecule has 3 nitrogen and oxygen atoms in total. The zero-order chi connectivity index (χ0) is 17.1. The molecule has 0 aliphatic rings. The van der Waals surface area contributed by atoms with Gasteiger partial charge in [0.15, 0.2) is 0 Å². The lowest BCUT2D eigenvalue weighted by Crippen LogP contribution is -2.33. The third-order valence-electron chi connectivity index (χ3n) is 2.88. The number of rotatable bonds is 4. The number of hydrogen-bond donors (Lipinski definition) is 1. The van der Waals surface area contributed by atoms with Gasteiger partial charge in [-0.1, -0.05) is 0 Å². The summed E-state index contributed by atoms with van der Waals surface area (Å²) in [6.45, 7) is 0.500. The Bertz CT molecular complexity index is 506. The summed E-state index contributed by atoms with van der Waals surface area (Å²) in [6.07, 6.45) is -9.94. The molecule has 9 heteroatoms. The number of alkyl halides is 6. The van der Waals surface area contributed by atoms with Gasteiger partial charge in [0.05, 0.1) is 11.1 Å². The van der Waals surface area contributed by atoms with Crippen LogP contribution < -0.4 is 5.32 Å². The summed E-state index contributed by atoms with van der Waals surface area (Å²) >= 11 is 0. The molecule has 0 heterocycles. The molecular weight excluding hydrogens is 314 g/mol. The maximum atomic E-state index is 12.7. The number of amides is 1. The Labute approximate surface area is 122 Å². The Hall–Kier alpha value is -1.77. The molecule has 0 saturated heterocycles. The fourth-order valence-corrected chi connectivity index (χ4v) is 1.68. The number of carbonyl (C=O) groups is 1. The first kappa shape index (κ1) is 18.3. The van der Waals surface area contributed by atoms with E-state index in [2.05, 4.69) is 5.32 Å². The first-order valence-corrected chi connectivity index (χ1v) is 6.16. The summed E-state index contributed by atoms with van der Waals surface area (Å²) in [6, 6.07) is 0.839. The van der Waals surface area contributed by atoms with Crippen molar-refractivity contribution in [3.8, 4) is 0 Å². The quantitative estimate of drug-likeness (QED) is 0.862. The molecule has 22 heavy (non-hydrogen) atoms. The lowest BCUT2D eigenvalue weighted by Gasteiger charge is -2.19. The largest absolute Gasteiger partial charge is 0.416 e. The molecule has 1 aromatic carbocycles. The second kappa shape index (κ2) is 6.55. The molecule has 0 aliphatic heterocycles. The molecule has 0 unspecified atom stereocenters. The van der Waals surface area contributed by atoms with Crippen LogP contribution in [0.1, 0.15) is 21.5 Å². The Morgan fingerprint density at radius 2 is 1.50 bits per heavy atom. The molecule has 1 N–H and O–H groups in total. The highest BCUT2D eigenvalue weighted by molar-refractivity contribution is 5.94. The Morgan fingerprint density at radius 1 is 1.05 bits per heavy atom. The van der Waals surface area contributed by atoms with Gasteiger partial charge in [-0.3, -0.25) is 4.79 Å². The van der Waals surface area contributed by atoms with Crippen LogP contribution in [0.2, 0.25) is 0 Å². The van der Waals surface area contributed by atoms with E-state index in [1.54, 1.807) is 7.05 Å². The van der Waals surface area contributed by atoms with Crippen molar-refractivity contribution in [1.29, 1.82) is 0 Å². The SMILES string of the molecule is CNCCN(C)C(=O)c1cc(C(F)(F)F)cc(C(F)(F)F)c1. The summed E-state index contributed by atoms with van der Waals surface area (Å²) in [5.74, 6) is -0.910. The standard InChI is InChI=1S/C13H14F6N2O/c1-20-3-4-21(2)11(22)8-5-9(12(14,15)16)7-10(6-8)13(17,18)19/h5-7,20H,3-4H2,1-2H3. The van der Waals surface area contributed by atoms with Crippen molar-refractivity contribution in [3.05, 3.63) is 34.9 Å². The number of hydrogen-bond acceptors (Lipinski definition) is 2. The van der Waals surface area contributed by atoms with Gasteiger partial charge in [0.1, 0.15) is 0 Å². The average Bonchev–Trinajstić information content (AvgIpc) is 2.41. The summed E-state index contributed by atoms with van der Waals surface area (Å²) in [4.78, 5) is 13.0. The lowest BCUT2D eigenvalue weighted by atomic mass is 10.0. The van der Waals surface area contributed by atoms with E-state index in [1.165, 1.54) is 7.05 Å². The number of likely N-dealkylation sites (N-methyl/N-ethyl adjacent to an activating group) is 2. The van der Waals surface area contributed by atoms with Crippen molar-refractivity contribution in [2.24, 2.45) is 0 Å². The predicted molar refractivity (Wildman–Crippen MR) is 67.3 cm³/mol. The van der Waals surface area contributed by atoms with Crippen LogP contribution in [0.15, 0.2) is 18.2 Å². The second-order valence-electron chi connectivity index (χ2n) is 4.62. The highest BCUT2D eigenvalue weighted by Gasteiger charge is 2.37. The first-order valence-electron chi connectivity index (χ1n) is 6.16. The van der Waals surface area contributed by atoms with Gasteiger partial charge in [0.25, 0.3) is 5.91 Å². The number of benzene rings is 1. The molecule has 0 fully saturated rings.